The Morgan fingerprint density at radius 1 is 1.38 bits per heavy atom. The molecule has 0 atom stereocenters. The molecule has 21 heavy (non-hydrogen) atoms. The van der Waals surface area contributed by atoms with Crippen LogP contribution >= 0.6 is 15.9 Å². The summed E-state index contributed by atoms with van der Waals surface area (Å²) in [6, 6.07) is 2.89. The maximum absolute atomic E-state index is 12.0. The number of sulfonamides is 1. The van der Waals surface area contributed by atoms with Crippen molar-refractivity contribution in [2.24, 2.45) is 5.14 Å². The number of rotatable bonds is 7. The van der Waals surface area contributed by atoms with Crippen molar-refractivity contribution >= 4 is 31.9 Å². The number of methoxy groups -OCH3 is 1. The van der Waals surface area contributed by atoms with E-state index in [0.29, 0.717) is 23.2 Å². The number of hydrogen-bond acceptors (Lipinski definition) is 4. The molecule has 0 aliphatic carbocycles. The Kier molecular flexibility index (Phi) is 6.79. The molecule has 118 valence electrons. The van der Waals surface area contributed by atoms with Gasteiger partial charge in [0, 0.05) is 30.3 Å². The molecule has 1 aromatic rings. The number of unbranched alkanes of at least 4 members (excludes halogenated alkanes) is 1. The molecule has 1 amide bonds. The van der Waals surface area contributed by atoms with Crippen LogP contribution < -0.4 is 10.5 Å². The molecule has 1 rings (SSSR count). The molecule has 0 aromatic heterocycles. The molecule has 6 nitrogen and oxygen atoms in total. The van der Waals surface area contributed by atoms with E-state index in [1.165, 1.54) is 6.07 Å². The third-order valence-electron chi connectivity index (χ3n) is 2.85. The number of nitrogens with one attached hydrogen (secondary N) is 1. The highest BCUT2D eigenvalue weighted by molar-refractivity contribution is 9.10. The average Bonchev–Trinajstić information content (AvgIpc) is 2.39. The maximum Gasteiger partial charge on any atom is 0.251 e. The van der Waals surface area contributed by atoms with Gasteiger partial charge in [0.2, 0.25) is 10.0 Å². The molecular weight excluding hydrogens is 360 g/mol. The van der Waals surface area contributed by atoms with Gasteiger partial charge in [0.05, 0.1) is 4.90 Å². The van der Waals surface area contributed by atoms with Gasteiger partial charge in [-0.1, -0.05) is 0 Å². The molecule has 1 aromatic carbocycles. The lowest BCUT2D eigenvalue weighted by Gasteiger charge is -2.10. The van der Waals surface area contributed by atoms with E-state index >= 15 is 0 Å². The van der Waals surface area contributed by atoms with E-state index in [4.69, 9.17) is 9.88 Å². The monoisotopic (exact) mass is 378 g/mol. The van der Waals surface area contributed by atoms with Gasteiger partial charge in [0.25, 0.3) is 5.91 Å². The first-order chi connectivity index (χ1) is 9.77. The summed E-state index contributed by atoms with van der Waals surface area (Å²) in [5.41, 5.74) is 0.900. The van der Waals surface area contributed by atoms with Crippen LogP contribution in [0, 0.1) is 6.92 Å². The second kappa shape index (κ2) is 7.88. The molecule has 0 bridgehead atoms. The number of primary sulfonamides is 1. The van der Waals surface area contributed by atoms with Crippen LogP contribution in [-0.2, 0) is 14.8 Å². The van der Waals surface area contributed by atoms with E-state index in [1.807, 2.05) is 0 Å². The summed E-state index contributed by atoms with van der Waals surface area (Å²) in [5.74, 6) is -0.326. The van der Waals surface area contributed by atoms with E-state index in [2.05, 4.69) is 21.2 Å². The number of aryl methyl sites for hydroxylation is 1. The van der Waals surface area contributed by atoms with Crippen LogP contribution in [0.25, 0.3) is 0 Å². The first-order valence-corrected chi connectivity index (χ1v) is 8.71. The van der Waals surface area contributed by atoms with Crippen LogP contribution in [-0.4, -0.2) is 34.6 Å². The Morgan fingerprint density at radius 2 is 2.05 bits per heavy atom. The number of carbonyl (C=O) groups is 1. The lowest BCUT2D eigenvalue weighted by atomic mass is 10.1. The summed E-state index contributed by atoms with van der Waals surface area (Å²) in [6.07, 6.45) is 1.63. The molecule has 0 aliphatic heterocycles. The summed E-state index contributed by atoms with van der Waals surface area (Å²) in [6.45, 7) is 2.85. The van der Waals surface area contributed by atoms with Crippen LogP contribution in [0.1, 0.15) is 28.8 Å². The highest BCUT2D eigenvalue weighted by Crippen LogP contribution is 2.26. The molecule has 0 heterocycles. The summed E-state index contributed by atoms with van der Waals surface area (Å²) in [7, 11) is -2.26. The SMILES string of the molecule is COCCCCNC(=O)c1cc(C)c(Br)c(S(N)(=O)=O)c1. The minimum atomic E-state index is -3.89. The van der Waals surface area contributed by atoms with Crippen molar-refractivity contribution in [3.05, 3.63) is 27.7 Å². The fourth-order valence-corrected chi connectivity index (χ4v) is 3.36. The first kappa shape index (κ1) is 18.1. The Morgan fingerprint density at radius 3 is 2.62 bits per heavy atom. The number of halogens is 1. The Balaban J connectivity index is 2.84. The van der Waals surface area contributed by atoms with E-state index in [-0.39, 0.29) is 16.4 Å². The van der Waals surface area contributed by atoms with E-state index < -0.39 is 10.0 Å². The lowest BCUT2D eigenvalue weighted by molar-refractivity contribution is 0.0951. The molecule has 0 saturated carbocycles. The zero-order chi connectivity index (χ0) is 16.0. The third kappa shape index (κ3) is 5.39. The van der Waals surface area contributed by atoms with E-state index in [1.54, 1.807) is 20.1 Å². The van der Waals surface area contributed by atoms with Crippen LogP contribution in [0.2, 0.25) is 0 Å². The van der Waals surface area contributed by atoms with Crippen LogP contribution in [0.3, 0.4) is 0 Å². The van der Waals surface area contributed by atoms with Gasteiger partial charge < -0.3 is 10.1 Å². The predicted molar refractivity (Wildman–Crippen MR) is 83.7 cm³/mol. The van der Waals surface area contributed by atoms with Gasteiger partial charge in [0.15, 0.2) is 0 Å². The second-order valence-corrected chi connectivity index (χ2v) is 6.93. The minimum Gasteiger partial charge on any atom is -0.385 e. The van der Waals surface area contributed by atoms with Gasteiger partial charge in [-0.3, -0.25) is 4.79 Å². The Bertz CT molecular complexity index is 617. The zero-order valence-corrected chi connectivity index (χ0v) is 14.4. The number of benzene rings is 1. The van der Waals surface area contributed by atoms with Gasteiger partial charge in [-0.15, -0.1) is 0 Å². The predicted octanol–water partition coefficient (Wildman–Crippen LogP) is 1.56. The molecule has 0 spiro atoms. The van der Waals surface area contributed by atoms with Crippen molar-refractivity contribution in [2.75, 3.05) is 20.3 Å². The summed E-state index contributed by atoms with van der Waals surface area (Å²) >= 11 is 3.18. The summed E-state index contributed by atoms with van der Waals surface area (Å²) < 4.78 is 28.3. The maximum atomic E-state index is 12.0. The molecule has 0 fully saturated rings. The third-order valence-corrected chi connectivity index (χ3v) is 5.10. The highest BCUT2D eigenvalue weighted by Gasteiger charge is 2.18. The Hall–Kier alpha value is -0.960. The van der Waals surface area contributed by atoms with Gasteiger partial charge >= 0.3 is 0 Å². The van der Waals surface area contributed by atoms with Crippen molar-refractivity contribution in [1.82, 2.24) is 5.32 Å². The minimum absolute atomic E-state index is 0.0907. The molecule has 0 aliphatic rings. The van der Waals surface area contributed by atoms with E-state index in [0.717, 1.165) is 12.8 Å². The van der Waals surface area contributed by atoms with Gasteiger partial charge in [-0.25, -0.2) is 13.6 Å². The number of nitrogens with two attached hydrogens (primary N) is 1. The Labute approximate surface area is 133 Å². The second-order valence-electron chi connectivity index (χ2n) is 4.61. The van der Waals surface area contributed by atoms with Gasteiger partial charge in [-0.2, -0.15) is 0 Å². The quantitative estimate of drug-likeness (QED) is 0.703. The summed E-state index contributed by atoms with van der Waals surface area (Å²) in [5, 5.41) is 7.88. The summed E-state index contributed by atoms with van der Waals surface area (Å²) in [4.78, 5) is 11.9. The lowest BCUT2D eigenvalue weighted by Crippen LogP contribution is -2.25. The smallest absolute Gasteiger partial charge is 0.251 e. The van der Waals surface area contributed by atoms with Crippen molar-refractivity contribution < 1.29 is 17.9 Å². The molecule has 3 N–H and O–H groups in total. The van der Waals surface area contributed by atoms with Crippen molar-refractivity contribution in [3.8, 4) is 0 Å². The number of carbonyl (C=O) groups excluding carboxylic acids is 1. The normalized spacial score (nSPS) is 11.4. The van der Waals surface area contributed by atoms with Crippen LogP contribution in [0.4, 0.5) is 0 Å². The fourth-order valence-electron chi connectivity index (χ4n) is 1.75. The number of hydrogen-bond donors (Lipinski definition) is 2. The standard InChI is InChI=1S/C13H19BrN2O4S/c1-9-7-10(8-11(12(9)14)21(15,18)19)13(17)16-5-3-4-6-20-2/h7-8H,3-6H2,1-2H3,(H,16,17)(H2,15,18,19). The fraction of sp³-hybridized carbons (Fsp3) is 0.462. The molecule has 8 heteroatoms. The molecule has 0 unspecified atom stereocenters. The zero-order valence-electron chi connectivity index (χ0n) is 12.0. The average molecular weight is 379 g/mol. The van der Waals surface area contributed by atoms with Crippen LogP contribution in [0.15, 0.2) is 21.5 Å². The van der Waals surface area contributed by atoms with Crippen molar-refractivity contribution in [2.45, 2.75) is 24.7 Å². The van der Waals surface area contributed by atoms with Crippen LogP contribution in [0.5, 0.6) is 0 Å². The largest absolute Gasteiger partial charge is 0.385 e. The van der Waals surface area contributed by atoms with Crippen molar-refractivity contribution in [1.29, 1.82) is 0 Å². The number of ether oxygens (including phenoxy) is 1. The molecular formula is C13H19BrN2O4S. The molecule has 0 saturated heterocycles. The number of amides is 1. The van der Waals surface area contributed by atoms with E-state index in [9.17, 15) is 13.2 Å². The highest BCUT2D eigenvalue weighted by atomic mass is 79.9. The molecule has 0 radical (unpaired) electrons. The van der Waals surface area contributed by atoms with Gasteiger partial charge in [-0.05, 0) is 53.4 Å². The first-order valence-electron chi connectivity index (χ1n) is 6.37. The topological polar surface area (TPSA) is 98.5 Å². The van der Waals surface area contributed by atoms with Gasteiger partial charge in [0.1, 0.15) is 0 Å². The van der Waals surface area contributed by atoms with Crippen molar-refractivity contribution in [3.63, 3.8) is 0 Å².